The van der Waals surface area contributed by atoms with Crippen molar-refractivity contribution in [2.45, 2.75) is 4.34 Å². The summed E-state index contributed by atoms with van der Waals surface area (Å²) in [6.45, 7) is 0. The van der Waals surface area contributed by atoms with Gasteiger partial charge in [-0.15, -0.1) is 11.3 Å². The molecule has 0 aliphatic rings. The van der Waals surface area contributed by atoms with Gasteiger partial charge in [0.25, 0.3) is 10.0 Å². The van der Waals surface area contributed by atoms with Crippen molar-refractivity contribution in [3.05, 3.63) is 34.7 Å². The van der Waals surface area contributed by atoms with Crippen molar-refractivity contribution in [3.8, 4) is 0 Å². The maximum absolute atomic E-state index is 11.3. The molecule has 15 heavy (non-hydrogen) atoms. The molecule has 6 nitrogen and oxygen atoms in total. The Labute approximate surface area is 88.9 Å². The Morgan fingerprint density at radius 3 is 2.80 bits per heavy atom. The van der Waals surface area contributed by atoms with Crippen LogP contribution in [-0.4, -0.2) is 13.4 Å². The smallest absolute Gasteiger partial charge is 0.225 e. The molecule has 0 amide bonds. The Kier molecular flexibility index (Phi) is 2.31. The summed E-state index contributed by atoms with van der Waals surface area (Å²) in [5, 5.41) is 0. The van der Waals surface area contributed by atoms with E-state index in [9.17, 15) is 8.42 Å². The summed E-state index contributed by atoms with van der Waals surface area (Å²) in [4.78, 5) is 6.13. The van der Waals surface area contributed by atoms with Gasteiger partial charge in [0.1, 0.15) is 0 Å². The average molecular weight is 240 g/mol. The summed E-state index contributed by atoms with van der Waals surface area (Å²) in [6.07, 6.45) is 0. The van der Waals surface area contributed by atoms with E-state index in [1.165, 1.54) is 0 Å². The zero-order valence-corrected chi connectivity index (χ0v) is 8.86. The quantitative estimate of drug-likeness (QED) is 0.457. The first-order valence-corrected chi connectivity index (χ1v) is 6.06. The average Bonchev–Trinajstić information content (AvgIpc) is 2.61. The molecule has 0 saturated carbocycles. The maximum Gasteiger partial charge on any atom is 0.291 e. The third-order valence-electron chi connectivity index (χ3n) is 1.64. The molecule has 0 bridgehead atoms. The summed E-state index contributed by atoms with van der Waals surface area (Å²) in [5.74, 6) is 0. The third-order valence-corrected chi connectivity index (χ3v) is 4.17. The van der Waals surface area contributed by atoms with E-state index in [1.807, 2.05) is 0 Å². The molecule has 2 rings (SSSR count). The fraction of sp³-hybridized carbons (Fsp3) is 0. The van der Waals surface area contributed by atoms with E-state index in [0.29, 0.717) is 5.52 Å². The Morgan fingerprint density at radius 2 is 2.13 bits per heavy atom. The fourth-order valence-electron chi connectivity index (χ4n) is 1.04. The van der Waals surface area contributed by atoms with Gasteiger partial charge in [-0.05, 0) is 17.7 Å². The number of aromatic nitrogens is 1. The van der Waals surface area contributed by atoms with E-state index < -0.39 is 10.0 Å². The molecule has 0 N–H and O–H groups in total. The summed E-state index contributed by atoms with van der Waals surface area (Å²) >= 11 is 0.980. The second-order valence-electron chi connectivity index (χ2n) is 2.59. The molecular weight excluding hydrogens is 236 g/mol. The molecule has 0 saturated heterocycles. The lowest BCUT2D eigenvalue weighted by Gasteiger charge is -1.85. The van der Waals surface area contributed by atoms with Crippen molar-refractivity contribution in [2.75, 3.05) is 0 Å². The minimum Gasteiger partial charge on any atom is -0.225 e. The summed E-state index contributed by atoms with van der Waals surface area (Å²) in [7, 11) is -3.96. The Bertz CT molecular complexity index is 621. The largest absolute Gasteiger partial charge is 0.291 e. The van der Waals surface area contributed by atoms with Crippen LogP contribution in [0.15, 0.2) is 33.1 Å². The lowest BCUT2D eigenvalue weighted by molar-refractivity contribution is 0.597. The number of fused-ring (bicyclic) bond motifs is 1. The van der Waals surface area contributed by atoms with Gasteiger partial charge in [-0.25, -0.2) is 13.4 Å². The van der Waals surface area contributed by atoms with Crippen LogP contribution < -0.4 is 0 Å². The van der Waals surface area contributed by atoms with E-state index in [0.717, 1.165) is 16.0 Å². The molecule has 0 unspecified atom stereocenters. The minimum atomic E-state index is -3.96. The molecule has 0 aliphatic carbocycles. The van der Waals surface area contributed by atoms with Crippen molar-refractivity contribution in [2.24, 2.45) is 4.52 Å². The molecule has 2 aromatic rings. The highest BCUT2D eigenvalue weighted by Crippen LogP contribution is 2.26. The van der Waals surface area contributed by atoms with E-state index in [-0.39, 0.29) is 4.34 Å². The van der Waals surface area contributed by atoms with Crippen LogP contribution in [0.5, 0.6) is 0 Å². The number of rotatable bonds is 2. The molecule has 8 heteroatoms. The van der Waals surface area contributed by atoms with Gasteiger partial charge in [0.2, 0.25) is 4.34 Å². The van der Waals surface area contributed by atoms with Crippen molar-refractivity contribution in [3.63, 3.8) is 0 Å². The number of hydrogen-bond acceptors (Lipinski definition) is 4. The number of benzene rings is 1. The zero-order valence-electron chi connectivity index (χ0n) is 7.23. The number of azide groups is 1. The summed E-state index contributed by atoms with van der Waals surface area (Å²) in [5.41, 5.74) is 8.67. The minimum absolute atomic E-state index is 0.179. The van der Waals surface area contributed by atoms with Gasteiger partial charge in [-0.2, -0.15) is 0 Å². The van der Waals surface area contributed by atoms with Crippen LogP contribution in [0.3, 0.4) is 0 Å². The van der Waals surface area contributed by atoms with Crippen LogP contribution in [0, 0.1) is 0 Å². The molecule has 0 fully saturated rings. The molecule has 1 aromatic heterocycles. The molecule has 0 atom stereocenters. The van der Waals surface area contributed by atoms with Crippen LogP contribution >= 0.6 is 11.3 Å². The molecule has 1 heterocycles. The normalized spacial score (nSPS) is 11.2. The number of para-hydroxylation sites is 1. The van der Waals surface area contributed by atoms with Crippen LogP contribution in [0.2, 0.25) is 0 Å². The molecule has 1 aromatic carbocycles. The van der Waals surface area contributed by atoms with Crippen LogP contribution in [0.1, 0.15) is 0 Å². The third kappa shape index (κ3) is 1.78. The summed E-state index contributed by atoms with van der Waals surface area (Å²) < 4.78 is 25.9. The lowest BCUT2D eigenvalue weighted by Crippen LogP contribution is -1.93. The first kappa shape index (κ1) is 9.91. The first-order valence-electron chi connectivity index (χ1n) is 3.80. The van der Waals surface area contributed by atoms with Crippen molar-refractivity contribution >= 4 is 31.6 Å². The van der Waals surface area contributed by atoms with E-state index >= 15 is 0 Å². The monoisotopic (exact) mass is 240 g/mol. The van der Waals surface area contributed by atoms with Gasteiger partial charge in [0, 0.05) is 9.43 Å². The van der Waals surface area contributed by atoms with Gasteiger partial charge >= 0.3 is 0 Å². The standard InChI is InChI=1S/C7H4N4O2S2/c8-10-11-15(12,13)7-9-5-3-1-2-4-6(5)14-7/h1-4H. The number of thiazole rings is 1. The number of sulfonamides is 1. The highest BCUT2D eigenvalue weighted by molar-refractivity contribution is 7.92. The Hall–Kier alpha value is -1.63. The highest BCUT2D eigenvalue weighted by Gasteiger charge is 2.17. The predicted molar refractivity (Wildman–Crippen MR) is 56.0 cm³/mol. The lowest BCUT2D eigenvalue weighted by atomic mass is 10.3. The van der Waals surface area contributed by atoms with E-state index in [2.05, 4.69) is 14.4 Å². The van der Waals surface area contributed by atoms with Gasteiger partial charge in [0.15, 0.2) is 0 Å². The van der Waals surface area contributed by atoms with Gasteiger partial charge in [-0.1, -0.05) is 12.1 Å². The number of hydrogen-bond donors (Lipinski definition) is 0. The predicted octanol–water partition coefficient (Wildman–Crippen LogP) is 2.30. The second-order valence-corrected chi connectivity index (χ2v) is 5.38. The first-order chi connectivity index (χ1) is 7.13. The van der Waals surface area contributed by atoms with Crippen molar-refractivity contribution < 1.29 is 8.42 Å². The van der Waals surface area contributed by atoms with Crippen molar-refractivity contribution in [1.82, 2.24) is 4.98 Å². The fourth-order valence-corrected chi connectivity index (χ4v) is 2.91. The Balaban J connectivity index is 2.69. The van der Waals surface area contributed by atoms with Crippen molar-refractivity contribution in [1.29, 1.82) is 0 Å². The molecule has 0 spiro atoms. The van der Waals surface area contributed by atoms with Gasteiger partial charge in [0.05, 0.1) is 10.2 Å². The van der Waals surface area contributed by atoms with Crippen LogP contribution in [-0.2, 0) is 10.0 Å². The SMILES string of the molecule is [N-]=[N+]=NS(=O)(=O)c1nc2ccccc2s1. The molecule has 0 aliphatic heterocycles. The highest BCUT2D eigenvalue weighted by atomic mass is 32.2. The molecule has 76 valence electrons. The maximum atomic E-state index is 11.3. The van der Waals surface area contributed by atoms with Gasteiger partial charge < -0.3 is 0 Å². The van der Waals surface area contributed by atoms with Crippen LogP contribution in [0.25, 0.3) is 20.7 Å². The topological polar surface area (TPSA) is 95.8 Å². The Morgan fingerprint density at radius 1 is 1.40 bits per heavy atom. The molecule has 0 radical (unpaired) electrons. The number of nitrogens with zero attached hydrogens (tertiary/aromatic N) is 4. The van der Waals surface area contributed by atoms with Crippen LogP contribution in [0.4, 0.5) is 0 Å². The zero-order chi connectivity index (χ0) is 10.9. The summed E-state index contributed by atoms with van der Waals surface area (Å²) in [6, 6.07) is 6.99. The second kappa shape index (κ2) is 3.50. The molecular formula is C7H4N4O2S2. The van der Waals surface area contributed by atoms with E-state index in [1.54, 1.807) is 24.3 Å². The van der Waals surface area contributed by atoms with E-state index in [4.69, 9.17) is 5.53 Å². The van der Waals surface area contributed by atoms with Gasteiger partial charge in [-0.3, -0.25) is 0 Å².